The smallest absolute Gasteiger partial charge is 0.0956 e. The minimum Gasteiger partial charge on any atom is -0.392 e. The molecule has 1 heterocycles. The van der Waals surface area contributed by atoms with E-state index < -0.39 is 0 Å². The van der Waals surface area contributed by atoms with Crippen LogP contribution in [0.15, 0.2) is 0 Å². The maximum atomic E-state index is 10.1. The highest BCUT2D eigenvalue weighted by Crippen LogP contribution is 2.28. The second kappa shape index (κ2) is 4.62. The number of rotatable bonds is 4. The lowest BCUT2D eigenvalue weighted by atomic mass is 9.82. The molecule has 2 nitrogen and oxygen atoms in total. The lowest BCUT2D eigenvalue weighted by Crippen LogP contribution is -2.30. The molecule has 0 aromatic carbocycles. The molecular weight excluding hydrogens is 206 g/mol. The zero-order valence-electron chi connectivity index (χ0n) is 10.3. The molecule has 0 radical (unpaired) electrons. The van der Waals surface area contributed by atoms with Crippen molar-refractivity contribution in [1.82, 2.24) is 4.98 Å². The van der Waals surface area contributed by atoms with Gasteiger partial charge in [0.25, 0.3) is 0 Å². The van der Waals surface area contributed by atoms with Crippen molar-refractivity contribution in [2.45, 2.75) is 53.6 Å². The molecule has 15 heavy (non-hydrogen) atoms. The average Bonchev–Trinajstić information content (AvgIpc) is 2.46. The molecule has 1 N–H and O–H groups in total. The third-order valence-corrected chi connectivity index (χ3v) is 4.35. The summed E-state index contributed by atoms with van der Waals surface area (Å²) in [5.41, 5.74) is 1.07. The summed E-state index contributed by atoms with van der Waals surface area (Å²) in [6.45, 7) is 10.4. The second-order valence-electron chi connectivity index (χ2n) is 4.81. The second-order valence-corrected chi connectivity index (χ2v) is 6.10. The van der Waals surface area contributed by atoms with E-state index in [0.717, 1.165) is 17.1 Å². The Morgan fingerprint density at radius 3 is 2.40 bits per heavy atom. The van der Waals surface area contributed by atoms with Gasteiger partial charge in [0, 0.05) is 11.3 Å². The highest BCUT2D eigenvalue weighted by Gasteiger charge is 2.26. The fraction of sp³-hybridized carbons (Fsp3) is 0.750. The highest BCUT2D eigenvalue weighted by atomic mass is 32.1. The fourth-order valence-electron chi connectivity index (χ4n) is 1.30. The summed E-state index contributed by atoms with van der Waals surface area (Å²) in [4.78, 5) is 5.71. The van der Waals surface area contributed by atoms with Gasteiger partial charge in [-0.2, -0.15) is 0 Å². The van der Waals surface area contributed by atoms with E-state index in [1.807, 2.05) is 6.92 Å². The predicted molar refractivity (Wildman–Crippen MR) is 65.4 cm³/mol. The van der Waals surface area contributed by atoms with E-state index in [-0.39, 0.29) is 11.5 Å². The van der Waals surface area contributed by atoms with Crippen LogP contribution in [0.1, 0.15) is 42.8 Å². The number of thiazole rings is 1. The molecule has 0 aliphatic carbocycles. The lowest BCUT2D eigenvalue weighted by molar-refractivity contribution is 0.0479. The Morgan fingerprint density at radius 1 is 1.40 bits per heavy atom. The van der Waals surface area contributed by atoms with Gasteiger partial charge in [-0.25, -0.2) is 4.98 Å². The molecule has 1 atom stereocenters. The van der Waals surface area contributed by atoms with E-state index in [9.17, 15) is 5.11 Å². The molecule has 0 bridgehead atoms. The number of aliphatic hydroxyl groups is 1. The van der Waals surface area contributed by atoms with Crippen LogP contribution in [-0.4, -0.2) is 16.2 Å². The molecule has 0 saturated heterocycles. The number of hydrogen-bond acceptors (Lipinski definition) is 3. The third-order valence-electron chi connectivity index (χ3n) is 3.25. The largest absolute Gasteiger partial charge is 0.392 e. The van der Waals surface area contributed by atoms with E-state index in [0.29, 0.717) is 6.42 Å². The van der Waals surface area contributed by atoms with Gasteiger partial charge in [0.1, 0.15) is 0 Å². The van der Waals surface area contributed by atoms with E-state index in [1.54, 1.807) is 11.3 Å². The van der Waals surface area contributed by atoms with Crippen LogP contribution >= 0.6 is 11.3 Å². The number of aryl methyl sites for hydroxylation is 2. The van der Waals surface area contributed by atoms with Gasteiger partial charge in [0.2, 0.25) is 0 Å². The van der Waals surface area contributed by atoms with Crippen molar-refractivity contribution in [2.75, 3.05) is 0 Å². The first-order valence-electron chi connectivity index (χ1n) is 5.47. The Balaban J connectivity index is 2.70. The van der Waals surface area contributed by atoms with E-state index in [2.05, 4.69) is 32.7 Å². The third kappa shape index (κ3) is 3.02. The maximum Gasteiger partial charge on any atom is 0.0956 e. The quantitative estimate of drug-likeness (QED) is 0.857. The summed E-state index contributed by atoms with van der Waals surface area (Å²) in [6.07, 6.45) is 1.37. The summed E-state index contributed by atoms with van der Waals surface area (Å²) >= 11 is 1.70. The Morgan fingerprint density at radius 2 is 2.00 bits per heavy atom. The molecule has 0 aliphatic rings. The van der Waals surface area contributed by atoms with Gasteiger partial charge >= 0.3 is 0 Å². The van der Waals surface area contributed by atoms with E-state index in [4.69, 9.17) is 0 Å². The minimum absolute atomic E-state index is 0.0204. The van der Waals surface area contributed by atoms with Crippen LogP contribution in [-0.2, 0) is 6.42 Å². The number of aromatic nitrogens is 1. The number of hydrogen-bond donors (Lipinski definition) is 1. The summed E-state index contributed by atoms with van der Waals surface area (Å²) in [6, 6.07) is 0. The molecule has 1 aromatic heterocycles. The molecule has 0 spiro atoms. The minimum atomic E-state index is -0.299. The van der Waals surface area contributed by atoms with Crippen molar-refractivity contribution < 1.29 is 5.11 Å². The van der Waals surface area contributed by atoms with Gasteiger partial charge in [0.05, 0.1) is 16.8 Å². The SMILES string of the molecule is CCC(C)(C)C(O)Cc1nc(C)c(C)s1. The standard InChI is InChI=1S/C12H21NOS/c1-6-12(4,5)10(14)7-11-13-8(2)9(3)15-11/h10,14H,6-7H2,1-5H3. The molecular formula is C12H21NOS. The van der Waals surface area contributed by atoms with E-state index in [1.165, 1.54) is 4.88 Å². The molecule has 0 saturated carbocycles. The molecule has 3 heteroatoms. The molecule has 0 fully saturated rings. The average molecular weight is 227 g/mol. The summed E-state index contributed by atoms with van der Waals surface area (Å²) in [5, 5.41) is 11.2. The van der Waals surface area contributed by atoms with Gasteiger partial charge in [0.15, 0.2) is 0 Å². The van der Waals surface area contributed by atoms with E-state index >= 15 is 0 Å². The lowest BCUT2D eigenvalue weighted by Gasteiger charge is -2.28. The summed E-state index contributed by atoms with van der Waals surface area (Å²) in [5.74, 6) is 0. The molecule has 1 aromatic rings. The van der Waals surface area contributed by atoms with Crippen LogP contribution in [0.4, 0.5) is 0 Å². The normalized spacial score (nSPS) is 14.3. The van der Waals surface area contributed by atoms with Crippen LogP contribution in [0.3, 0.4) is 0 Å². The number of aliphatic hydroxyl groups excluding tert-OH is 1. The van der Waals surface area contributed by atoms with Crippen molar-refractivity contribution in [3.63, 3.8) is 0 Å². The Labute approximate surface area is 96.4 Å². The van der Waals surface area contributed by atoms with Crippen LogP contribution < -0.4 is 0 Å². The van der Waals surface area contributed by atoms with Crippen LogP contribution in [0.25, 0.3) is 0 Å². The summed E-state index contributed by atoms with van der Waals surface area (Å²) < 4.78 is 0. The zero-order valence-corrected chi connectivity index (χ0v) is 11.1. The maximum absolute atomic E-state index is 10.1. The molecule has 0 amide bonds. The first kappa shape index (κ1) is 12.7. The Kier molecular flexibility index (Phi) is 3.90. The molecule has 1 rings (SSSR count). The topological polar surface area (TPSA) is 33.1 Å². The monoisotopic (exact) mass is 227 g/mol. The highest BCUT2D eigenvalue weighted by molar-refractivity contribution is 7.11. The first-order chi connectivity index (χ1) is 6.86. The van der Waals surface area contributed by atoms with Crippen LogP contribution in [0, 0.1) is 19.3 Å². The molecule has 86 valence electrons. The van der Waals surface area contributed by atoms with Gasteiger partial charge in [-0.15, -0.1) is 11.3 Å². The first-order valence-corrected chi connectivity index (χ1v) is 6.29. The zero-order chi connectivity index (χ0) is 11.6. The van der Waals surface area contributed by atoms with Gasteiger partial charge in [-0.3, -0.25) is 0 Å². The van der Waals surface area contributed by atoms with Crippen molar-refractivity contribution in [1.29, 1.82) is 0 Å². The van der Waals surface area contributed by atoms with Gasteiger partial charge < -0.3 is 5.11 Å². The van der Waals surface area contributed by atoms with Crippen molar-refractivity contribution >= 4 is 11.3 Å². The molecule has 1 unspecified atom stereocenters. The summed E-state index contributed by atoms with van der Waals surface area (Å²) in [7, 11) is 0. The van der Waals surface area contributed by atoms with Crippen LogP contribution in [0.2, 0.25) is 0 Å². The predicted octanol–water partition coefficient (Wildman–Crippen LogP) is 3.10. The Bertz CT molecular complexity index is 311. The number of nitrogens with zero attached hydrogens (tertiary/aromatic N) is 1. The fourth-order valence-corrected chi connectivity index (χ4v) is 2.27. The van der Waals surface area contributed by atoms with Crippen molar-refractivity contribution in [3.8, 4) is 0 Å². The Hall–Kier alpha value is -0.410. The van der Waals surface area contributed by atoms with Gasteiger partial charge in [-0.05, 0) is 25.7 Å². The van der Waals surface area contributed by atoms with Gasteiger partial charge in [-0.1, -0.05) is 20.8 Å². The van der Waals surface area contributed by atoms with Crippen molar-refractivity contribution in [3.05, 3.63) is 15.6 Å². The van der Waals surface area contributed by atoms with Crippen molar-refractivity contribution in [2.24, 2.45) is 5.41 Å². The van der Waals surface area contributed by atoms with Crippen LogP contribution in [0.5, 0.6) is 0 Å². The molecule has 0 aliphatic heterocycles.